The Balaban J connectivity index is 1.71. The lowest BCUT2D eigenvalue weighted by atomic mass is 10.1. The summed E-state index contributed by atoms with van der Waals surface area (Å²) in [6, 6.07) is 9.40. The molecule has 18 heavy (non-hydrogen) atoms. The highest BCUT2D eigenvalue weighted by molar-refractivity contribution is 7.99. The lowest BCUT2D eigenvalue weighted by molar-refractivity contribution is 0.0982. The van der Waals surface area contributed by atoms with Crippen LogP contribution < -0.4 is 0 Å². The van der Waals surface area contributed by atoms with Crippen molar-refractivity contribution >= 4 is 17.5 Å². The summed E-state index contributed by atoms with van der Waals surface area (Å²) in [7, 11) is 0. The molecule has 0 saturated carbocycles. The fraction of sp³-hybridized carbons (Fsp3) is 0.308. The van der Waals surface area contributed by atoms with Crippen molar-refractivity contribution in [3.05, 3.63) is 41.7 Å². The van der Waals surface area contributed by atoms with E-state index in [-0.39, 0.29) is 5.78 Å². The molecule has 0 aliphatic carbocycles. The van der Waals surface area contributed by atoms with Gasteiger partial charge < -0.3 is 0 Å². The summed E-state index contributed by atoms with van der Waals surface area (Å²) in [5, 5.41) is 7.58. The maximum absolute atomic E-state index is 11.8. The average molecular weight is 261 g/mol. The third-order valence-electron chi connectivity index (χ3n) is 2.45. The van der Waals surface area contributed by atoms with Crippen LogP contribution in [0.4, 0.5) is 0 Å². The fourth-order valence-electron chi connectivity index (χ4n) is 1.55. The number of carbonyl (C=O) groups excluding carboxylic acids is 1. The van der Waals surface area contributed by atoms with Gasteiger partial charge in [-0.1, -0.05) is 42.1 Å². The molecule has 2 aromatic rings. The first-order valence-corrected chi connectivity index (χ1v) is 6.84. The molecular weight excluding hydrogens is 246 g/mol. The van der Waals surface area contributed by atoms with Crippen LogP contribution in [0.5, 0.6) is 0 Å². The Morgan fingerprint density at radius 3 is 2.78 bits per heavy atom. The number of rotatable bonds is 6. The largest absolute Gasteiger partial charge is 0.294 e. The van der Waals surface area contributed by atoms with Crippen LogP contribution in [-0.2, 0) is 0 Å². The Kier molecular flexibility index (Phi) is 4.52. The van der Waals surface area contributed by atoms with E-state index in [1.54, 1.807) is 11.8 Å². The molecule has 0 amide bonds. The van der Waals surface area contributed by atoms with E-state index in [1.807, 2.05) is 37.3 Å². The minimum atomic E-state index is 0.197. The van der Waals surface area contributed by atoms with Crippen LogP contribution in [0.25, 0.3) is 0 Å². The number of hydrogen-bond acceptors (Lipinski definition) is 4. The standard InChI is InChI=1S/C13H15N3OS/c1-10-14-13(16-15-10)18-9-5-8-12(17)11-6-3-2-4-7-11/h2-4,6-7H,5,8-9H2,1H3,(H,14,15,16). The minimum absolute atomic E-state index is 0.197. The third-order valence-corrected chi connectivity index (χ3v) is 3.39. The number of H-pyrrole nitrogens is 1. The van der Waals surface area contributed by atoms with E-state index in [0.717, 1.165) is 28.7 Å². The number of nitrogens with zero attached hydrogens (tertiary/aromatic N) is 2. The molecule has 0 aliphatic rings. The zero-order valence-electron chi connectivity index (χ0n) is 10.2. The molecule has 2 rings (SSSR count). The summed E-state index contributed by atoms with van der Waals surface area (Å²) in [6.07, 6.45) is 1.41. The highest BCUT2D eigenvalue weighted by Crippen LogP contribution is 2.15. The fourth-order valence-corrected chi connectivity index (χ4v) is 2.33. The van der Waals surface area contributed by atoms with Crippen molar-refractivity contribution in [3.63, 3.8) is 0 Å². The first kappa shape index (κ1) is 12.8. The monoisotopic (exact) mass is 261 g/mol. The third kappa shape index (κ3) is 3.70. The highest BCUT2D eigenvalue weighted by Gasteiger charge is 2.05. The molecule has 1 heterocycles. The first-order valence-electron chi connectivity index (χ1n) is 5.86. The number of Topliss-reactive ketones (excluding diaryl/α,β-unsaturated/α-hetero) is 1. The average Bonchev–Trinajstić information content (AvgIpc) is 2.81. The summed E-state index contributed by atoms with van der Waals surface area (Å²) in [5.74, 6) is 1.87. The first-order chi connectivity index (χ1) is 8.75. The summed E-state index contributed by atoms with van der Waals surface area (Å²) in [5.41, 5.74) is 0.788. The molecule has 1 aromatic carbocycles. The summed E-state index contributed by atoms with van der Waals surface area (Å²) in [6.45, 7) is 1.87. The van der Waals surface area contributed by atoms with E-state index in [2.05, 4.69) is 15.2 Å². The maximum atomic E-state index is 11.8. The molecular formula is C13H15N3OS. The van der Waals surface area contributed by atoms with Gasteiger partial charge in [0, 0.05) is 17.7 Å². The maximum Gasteiger partial charge on any atom is 0.208 e. The lowest BCUT2D eigenvalue weighted by Crippen LogP contribution is -1.99. The van der Waals surface area contributed by atoms with Gasteiger partial charge in [0.1, 0.15) is 5.82 Å². The van der Waals surface area contributed by atoms with Gasteiger partial charge in [0.05, 0.1) is 0 Å². The molecule has 0 aliphatic heterocycles. The number of nitrogens with one attached hydrogen (secondary N) is 1. The van der Waals surface area contributed by atoms with E-state index in [0.29, 0.717) is 6.42 Å². The van der Waals surface area contributed by atoms with Gasteiger partial charge in [-0.25, -0.2) is 4.98 Å². The van der Waals surface area contributed by atoms with Crippen LogP contribution in [0.1, 0.15) is 29.0 Å². The molecule has 0 radical (unpaired) electrons. The lowest BCUT2D eigenvalue weighted by Gasteiger charge is -1.99. The van der Waals surface area contributed by atoms with E-state index in [9.17, 15) is 4.79 Å². The van der Waals surface area contributed by atoms with Crippen LogP contribution in [0.3, 0.4) is 0 Å². The van der Waals surface area contributed by atoms with Crippen molar-refractivity contribution in [2.45, 2.75) is 24.9 Å². The van der Waals surface area contributed by atoms with Gasteiger partial charge in [0.15, 0.2) is 5.78 Å². The Morgan fingerprint density at radius 2 is 2.11 bits per heavy atom. The summed E-state index contributed by atoms with van der Waals surface area (Å²) in [4.78, 5) is 16.0. The van der Waals surface area contributed by atoms with Gasteiger partial charge in [-0.2, -0.15) is 0 Å². The van der Waals surface area contributed by atoms with Crippen LogP contribution in [0.15, 0.2) is 35.5 Å². The topological polar surface area (TPSA) is 58.6 Å². The molecule has 0 saturated heterocycles. The van der Waals surface area contributed by atoms with E-state index < -0.39 is 0 Å². The number of aromatic nitrogens is 3. The molecule has 0 fully saturated rings. The Labute approximate surface area is 110 Å². The number of benzene rings is 1. The predicted octanol–water partition coefficient (Wildman–Crippen LogP) is 2.87. The van der Waals surface area contributed by atoms with Crippen molar-refractivity contribution < 1.29 is 4.79 Å². The number of carbonyl (C=O) groups is 1. The molecule has 1 N–H and O–H groups in total. The van der Waals surface area contributed by atoms with E-state index >= 15 is 0 Å². The number of thioether (sulfide) groups is 1. The van der Waals surface area contributed by atoms with Gasteiger partial charge in [0.2, 0.25) is 5.16 Å². The molecule has 0 spiro atoms. The van der Waals surface area contributed by atoms with Gasteiger partial charge in [-0.15, -0.1) is 5.10 Å². The smallest absolute Gasteiger partial charge is 0.208 e. The highest BCUT2D eigenvalue weighted by atomic mass is 32.2. The van der Waals surface area contributed by atoms with Crippen LogP contribution >= 0.6 is 11.8 Å². The normalized spacial score (nSPS) is 10.5. The molecule has 1 aromatic heterocycles. The minimum Gasteiger partial charge on any atom is -0.294 e. The zero-order valence-corrected chi connectivity index (χ0v) is 11.0. The Hall–Kier alpha value is -1.62. The quantitative estimate of drug-likeness (QED) is 0.493. The molecule has 5 heteroatoms. The molecule has 0 bridgehead atoms. The summed E-state index contributed by atoms with van der Waals surface area (Å²) < 4.78 is 0. The van der Waals surface area contributed by atoms with Crippen molar-refractivity contribution in [1.29, 1.82) is 0 Å². The van der Waals surface area contributed by atoms with Crippen molar-refractivity contribution in [2.75, 3.05) is 5.75 Å². The predicted molar refractivity (Wildman–Crippen MR) is 71.9 cm³/mol. The molecule has 4 nitrogen and oxygen atoms in total. The number of ketones is 1. The van der Waals surface area contributed by atoms with Gasteiger partial charge in [0.25, 0.3) is 0 Å². The Morgan fingerprint density at radius 1 is 1.33 bits per heavy atom. The number of aryl methyl sites for hydroxylation is 1. The van der Waals surface area contributed by atoms with Gasteiger partial charge >= 0.3 is 0 Å². The second-order valence-electron chi connectivity index (χ2n) is 3.94. The van der Waals surface area contributed by atoms with E-state index in [4.69, 9.17) is 0 Å². The SMILES string of the molecule is Cc1nc(SCCCC(=O)c2ccccc2)n[nH]1. The van der Waals surface area contributed by atoms with Gasteiger partial charge in [-0.05, 0) is 13.3 Å². The number of aromatic amines is 1. The van der Waals surface area contributed by atoms with Crippen molar-refractivity contribution in [1.82, 2.24) is 15.2 Å². The van der Waals surface area contributed by atoms with E-state index in [1.165, 1.54) is 0 Å². The van der Waals surface area contributed by atoms with Gasteiger partial charge in [-0.3, -0.25) is 9.89 Å². The zero-order chi connectivity index (χ0) is 12.8. The molecule has 0 unspecified atom stereocenters. The number of hydrogen-bond donors (Lipinski definition) is 1. The Bertz CT molecular complexity index is 510. The molecule has 0 atom stereocenters. The van der Waals surface area contributed by atoms with Crippen molar-refractivity contribution in [3.8, 4) is 0 Å². The van der Waals surface area contributed by atoms with Crippen LogP contribution in [0, 0.1) is 6.92 Å². The summed E-state index contributed by atoms with van der Waals surface area (Å²) >= 11 is 1.57. The van der Waals surface area contributed by atoms with Crippen LogP contribution in [-0.4, -0.2) is 26.7 Å². The van der Waals surface area contributed by atoms with Crippen molar-refractivity contribution in [2.24, 2.45) is 0 Å². The molecule has 94 valence electrons. The van der Waals surface area contributed by atoms with Crippen LogP contribution in [0.2, 0.25) is 0 Å². The second-order valence-corrected chi connectivity index (χ2v) is 5.01. The second kappa shape index (κ2) is 6.35.